The van der Waals surface area contributed by atoms with Crippen LogP contribution in [0.15, 0.2) is 53.9 Å². The Kier molecular flexibility index (Phi) is 5.14. The Balaban J connectivity index is 1.86. The molecule has 122 valence electrons. The fourth-order valence-corrected chi connectivity index (χ4v) is 4.18. The van der Waals surface area contributed by atoms with Gasteiger partial charge in [-0.3, -0.25) is 9.59 Å². The Bertz CT molecular complexity index is 871. The molecule has 0 atom stereocenters. The van der Waals surface area contributed by atoms with E-state index < -0.39 is 0 Å². The van der Waals surface area contributed by atoms with Gasteiger partial charge >= 0.3 is 0 Å². The number of nitrogens with zero attached hydrogens (tertiary/aromatic N) is 1. The molecule has 0 N–H and O–H groups in total. The lowest BCUT2D eigenvalue weighted by molar-refractivity contribution is 0.0782. The average molecular weight is 376 g/mol. The van der Waals surface area contributed by atoms with E-state index in [0.29, 0.717) is 26.9 Å². The van der Waals surface area contributed by atoms with E-state index in [2.05, 4.69) is 0 Å². The fourth-order valence-electron chi connectivity index (χ4n) is 2.36. The molecule has 0 saturated carbocycles. The Labute approximate surface area is 153 Å². The smallest absolute Gasteiger partial charge is 0.254 e. The summed E-state index contributed by atoms with van der Waals surface area (Å²) in [4.78, 5) is 28.7. The first-order valence-corrected chi connectivity index (χ1v) is 9.30. The second kappa shape index (κ2) is 7.30. The van der Waals surface area contributed by atoms with Crippen molar-refractivity contribution < 1.29 is 9.59 Å². The molecule has 0 aliphatic heterocycles. The Morgan fingerprint density at radius 3 is 2.42 bits per heavy atom. The molecule has 0 fully saturated rings. The minimum Gasteiger partial charge on any atom is -0.337 e. The molecule has 1 aromatic carbocycles. The van der Waals surface area contributed by atoms with Crippen LogP contribution in [0.2, 0.25) is 4.34 Å². The summed E-state index contributed by atoms with van der Waals surface area (Å²) in [6.07, 6.45) is 0. The molecule has 0 unspecified atom stereocenters. The minimum atomic E-state index is -0.181. The molecule has 3 aromatic rings. The van der Waals surface area contributed by atoms with Gasteiger partial charge < -0.3 is 4.90 Å². The first kappa shape index (κ1) is 16.9. The summed E-state index contributed by atoms with van der Waals surface area (Å²) >= 11 is 8.75. The number of hydrogen-bond donors (Lipinski definition) is 0. The van der Waals surface area contributed by atoms with Gasteiger partial charge in [-0.15, -0.1) is 22.7 Å². The van der Waals surface area contributed by atoms with Crippen molar-refractivity contribution in [2.75, 3.05) is 7.05 Å². The van der Waals surface area contributed by atoms with Crippen LogP contribution in [0.3, 0.4) is 0 Å². The molecule has 0 bridgehead atoms. The SMILES string of the molecule is CN(Cc1ccc(Cl)s1)C(=O)c1ccccc1C(=O)c1cccs1. The van der Waals surface area contributed by atoms with Gasteiger partial charge in [0.1, 0.15) is 0 Å². The number of amides is 1. The first-order chi connectivity index (χ1) is 11.6. The zero-order valence-electron chi connectivity index (χ0n) is 12.9. The van der Waals surface area contributed by atoms with E-state index in [0.717, 1.165) is 4.88 Å². The molecule has 0 aliphatic rings. The Hall–Kier alpha value is -1.95. The number of carbonyl (C=O) groups is 2. The Morgan fingerprint density at radius 1 is 1.04 bits per heavy atom. The normalized spacial score (nSPS) is 10.6. The summed E-state index contributed by atoms with van der Waals surface area (Å²) in [5, 5.41) is 1.85. The third-order valence-electron chi connectivity index (χ3n) is 3.52. The number of halogens is 1. The van der Waals surface area contributed by atoms with Crippen molar-refractivity contribution in [2.45, 2.75) is 6.54 Å². The van der Waals surface area contributed by atoms with Crippen molar-refractivity contribution in [3.63, 3.8) is 0 Å². The molecule has 24 heavy (non-hydrogen) atoms. The highest BCUT2D eigenvalue weighted by Crippen LogP contribution is 2.24. The highest BCUT2D eigenvalue weighted by Gasteiger charge is 2.21. The molecule has 0 aliphatic carbocycles. The van der Waals surface area contributed by atoms with Crippen LogP contribution in [0, 0.1) is 0 Å². The summed E-state index contributed by atoms with van der Waals surface area (Å²) in [5.74, 6) is -0.304. The number of hydrogen-bond acceptors (Lipinski definition) is 4. The van der Waals surface area contributed by atoms with Crippen LogP contribution in [0.1, 0.15) is 30.5 Å². The predicted molar refractivity (Wildman–Crippen MR) is 99.3 cm³/mol. The van der Waals surface area contributed by atoms with Crippen LogP contribution >= 0.6 is 34.3 Å². The van der Waals surface area contributed by atoms with Gasteiger partial charge in [0.05, 0.1) is 21.3 Å². The third-order valence-corrected chi connectivity index (χ3v) is 5.60. The van der Waals surface area contributed by atoms with Crippen LogP contribution in [-0.4, -0.2) is 23.6 Å². The third kappa shape index (κ3) is 3.59. The maximum absolute atomic E-state index is 12.8. The molecule has 0 spiro atoms. The van der Waals surface area contributed by atoms with E-state index in [-0.39, 0.29) is 11.7 Å². The summed E-state index contributed by atoms with van der Waals surface area (Å²) in [7, 11) is 1.72. The molecule has 2 heterocycles. The number of rotatable bonds is 5. The summed E-state index contributed by atoms with van der Waals surface area (Å²) < 4.78 is 0.694. The lowest BCUT2D eigenvalue weighted by atomic mass is 10.0. The zero-order valence-corrected chi connectivity index (χ0v) is 15.3. The topological polar surface area (TPSA) is 37.4 Å². The molecule has 3 nitrogen and oxygen atoms in total. The van der Waals surface area contributed by atoms with E-state index in [9.17, 15) is 9.59 Å². The number of thiophene rings is 2. The molecular formula is C18H14ClNO2S2. The van der Waals surface area contributed by atoms with Crippen LogP contribution in [0.5, 0.6) is 0 Å². The quantitative estimate of drug-likeness (QED) is 0.590. The van der Waals surface area contributed by atoms with Crippen molar-refractivity contribution in [1.82, 2.24) is 4.90 Å². The molecule has 2 aromatic heterocycles. The number of carbonyl (C=O) groups excluding carboxylic acids is 2. The molecular weight excluding hydrogens is 362 g/mol. The molecule has 1 amide bonds. The van der Waals surface area contributed by atoms with Gasteiger partial charge in [0.25, 0.3) is 5.91 Å². The fraction of sp³-hybridized carbons (Fsp3) is 0.111. The van der Waals surface area contributed by atoms with Crippen molar-refractivity contribution in [2.24, 2.45) is 0 Å². The Morgan fingerprint density at radius 2 is 1.79 bits per heavy atom. The van der Waals surface area contributed by atoms with Gasteiger partial charge in [-0.2, -0.15) is 0 Å². The monoisotopic (exact) mass is 375 g/mol. The summed E-state index contributed by atoms with van der Waals surface area (Å²) in [5.41, 5.74) is 0.849. The van der Waals surface area contributed by atoms with Crippen LogP contribution in [0.25, 0.3) is 0 Å². The molecule has 0 radical (unpaired) electrons. The van der Waals surface area contributed by atoms with E-state index >= 15 is 0 Å². The predicted octanol–water partition coefficient (Wildman–Crippen LogP) is 4.97. The zero-order chi connectivity index (χ0) is 17.1. The highest BCUT2D eigenvalue weighted by atomic mass is 35.5. The van der Waals surface area contributed by atoms with Gasteiger partial charge in [0.2, 0.25) is 5.78 Å². The van der Waals surface area contributed by atoms with Gasteiger partial charge in [-0.25, -0.2) is 0 Å². The van der Waals surface area contributed by atoms with Crippen molar-refractivity contribution in [3.05, 3.63) is 79.1 Å². The summed E-state index contributed by atoms with van der Waals surface area (Å²) in [6.45, 7) is 0.456. The van der Waals surface area contributed by atoms with Crippen LogP contribution in [-0.2, 0) is 6.54 Å². The molecule has 6 heteroatoms. The molecule has 0 saturated heterocycles. The van der Waals surface area contributed by atoms with E-state index in [1.54, 1.807) is 42.3 Å². The standard InChI is InChI=1S/C18H14ClNO2S2/c1-20(11-12-8-9-16(19)24-12)18(22)14-6-3-2-5-13(14)17(21)15-7-4-10-23-15/h2-10H,11H2,1H3. The van der Waals surface area contributed by atoms with Gasteiger partial charge in [-0.1, -0.05) is 35.9 Å². The van der Waals surface area contributed by atoms with Gasteiger partial charge in [-0.05, 0) is 29.6 Å². The summed E-state index contributed by atoms with van der Waals surface area (Å²) in [6, 6.07) is 14.3. The minimum absolute atomic E-state index is 0.124. The second-order valence-corrected chi connectivity index (χ2v) is 7.97. The number of ketones is 1. The lowest BCUT2D eigenvalue weighted by Gasteiger charge is -2.18. The van der Waals surface area contributed by atoms with Crippen molar-refractivity contribution in [3.8, 4) is 0 Å². The van der Waals surface area contributed by atoms with Crippen molar-refractivity contribution >= 4 is 46.0 Å². The lowest BCUT2D eigenvalue weighted by Crippen LogP contribution is -2.27. The maximum Gasteiger partial charge on any atom is 0.254 e. The maximum atomic E-state index is 12.8. The average Bonchev–Trinajstić information content (AvgIpc) is 3.25. The van der Waals surface area contributed by atoms with E-state index in [1.807, 2.05) is 23.6 Å². The first-order valence-electron chi connectivity index (χ1n) is 7.23. The van der Waals surface area contributed by atoms with Crippen molar-refractivity contribution in [1.29, 1.82) is 0 Å². The van der Waals surface area contributed by atoms with E-state index in [4.69, 9.17) is 11.6 Å². The molecule has 3 rings (SSSR count). The highest BCUT2D eigenvalue weighted by molar-refractivity contribution is 7.16. The van der Waals surface area contributed by atoms with Gasteiger partial charge in [0, 0.05) is 17.5 Å². The second-order valence-electron chi connectivity index (χ2n) is 5.22. The largest absolute Gasteiger partial charge is 0.337 e. The van der Waals surface area contributed by atoms with E-state index in [1.165, 1.54) is 22.7 Å². The van der Waals surface area contributed by atoms with Gasteiger partial charge in [0.15, 0.2) is 0 Å². The number of benzene rings is 1. The van der Waals surface area contributed by atoms with Crippen LogP contribution in [0.4, 0.5) is 0 Å². The van der Waals surface area contributed by atoms with Crippen LogP contribution < -0.4 is 0 Å².